The lowest BCUT2D eigenvalue weighted by Gasteiger charge is -2.21. The molecule has 1 aromatic carbocycles. The number of hydrogen-bond donors (Lipinski definition) is 1. The summed E-state index contributed by atoms with van der Waals surface area (Å²) in [5, 5.41) is 3.31. The van der Waals surface area contributed by atoms with Crippen LogP contribution in [0.4, 0.5) is 0 Å². The maximum atomic E-state index is 12.2. The fourth-order valence-electron chi connectivity index (χ4n) is 2.53. The van der Waals surface area contributed by atoms with Crippen LogP contribution in [0, 0.1) is 0 Å². The summed E-state index contributed by atoms with van der Waals surface area (Å²) in [5.41, 5.74) is 1.14. The zero-order valence-electron chi connectivity index (χ0n) is 13.1. The molecule has 0 spiro atoms. The number of amides is 1. The van der Waals surface area contributed by atoms with E-state index in [2.05, 4.69) is 18.3 Å². The van der Waals surface area contributed by atoms with E-state index in [1.54, 1.807) is 0 Å². The highest BCUT2D eigenvalue weighted by molar-refractivity contribution is 5.81. The van der Waals surface area contributed by atoms with Crippen LogP contribution in [0.1, 0.15) is 38.7 Å². The summed E-state index contributed by atoms with van der Waals surface area (Å²) in [6.45, 7) is 7.27. The van der Waals surface area contributed by atoms with Gasteiger partial charge in [0.15, 0.2) is 0 Å². The number of ether oxygens (including phenoxy) is 1. The van der Waals surface area contributed by atoms with E-state index in [1.807, 2.05) is 30.0 Å². The Balaban J connectivity index is 1.82. The molecule has 2 rings (SSSR count). The van der Waals surface area contributed by atoms with Gasteiger partial charge in [-0.15, -0.1) is 0 Å². The van der Waals surface area contributed by atoms with Crippen LogP contribution >= 0.6 is 0 Å². The van der Waals surface area contributed by atoms with Gasteiger partial charge in [0.1, 0.15) is 5.75 Å². The van der Waals surface area contributed by atoms with Gasteiger partial charge in [-0.2, -0.15) is 0 Å². The Hall–Kier alpha value is -1.55. The van der Waals surface area contributed by atoms with Crippen molar-refractivity contribution < 1.29 is 9.53 Å². The first-order valence-corrected chi connectivity index (χ1v) is 7.94. The van der Waals surface area contributed by atoms with Gasteiger partial charge in [0.2, 0.25) is 5.91 Å². The SMILES string of the molecule is CCCOc1cccc(CNC(C)C(=O)N2CCCC2)c1. The maximum absolute atomic E-state index is 12.2. The molecule has 21 heavy (non-hydrogen) atoms. The minimum Gasteiger partial charge on any atom is -0.494 e. The molecule has 0 aromatic heterocycles. The number of carbonyl (C=O) groups is 1. The van der Waals surface area contributed by atoms with Gasteiger partial charge in [-0.1, -0.05) is 19.1 Å². The molecule has 0 bridgehead atoms. The highest BCUT2D eigenvalue weighted by Gasteiger charge is 2.22. The highest BCUT2D eigenvalue weighted by atomic mass is 16.5. The summed E-state index contributed by atoms with van der Waals surface area (Å²) in [6, 6.07) is 7.92. The minimum absolute atomic E-state index is 0.136. The van der Waals surface area contributed by atoms with Crippen LogP contribution in [-0.4, -0.2) is 36.5 Å². The Morgan fingerprint density at radius 3 is 2.86 bits per heavy atom. The average molecular weight is 290 g/mol. The van der Waals surface area contributed by atoms with E-state index < -0.39 is 0 Å². The topological polar surface area (TPSA) is 41.6 Å². The zero-order chi connectivity index (χ0) is 15.1. The van der Waals surface area contributed by atoms with Crippen LogP contribution in [0.25, 0.3) is 0 Å². The number of hydrogen-bond acceptors (Lipinski definition) is 3. The van der Waals surface area contributed by atoms with E-state index in [0.717, 1.165) is 50.3 Å². The van der Waals surface area contributed by atoms with Crippen molar-refractivity contribution in [3.63, 3.8) is 0 Å². The summed E-state index contributed by atoms with van der Waals surface area (Å²) in [6.07, 6.45) is 3.27. The molecule has 0 aliphatic carbocycles. The van der Waals surface area contributed by atoms with Gasteiger partial charge in [0.05, 0.1) is 12.6 Å². The van der Waals surface area contributed by atoms with Crippen molar-refractivity contribution in [1.29, 1.82) is 0 Å². The lowest BCUT2D eigenvalue weighted by molar-refractivity contribution is -0.131. The number of carbonyl (C=O) groups excluding carboxylic acids is 1. The molecule has 1 fully saturated rings. The van der Waals surface area contributed by atoms with Crippen molar-refractivity contribution in [1.82, 2.24) is 10.2 Å². The molecule has 1 saturated heterocycles. The predicted octanol–water partition coefficient (Wildman–Crippen LogP) is 2.58. The molecule has 1 aromatic rings. The van der Waals surface area contributed by atoms with Crippen molar-refractivity contribution >= 4 is 5.91 Å². The van der Waals surface area contributed by atoms with Crippen molar-refractivity contribution in [2.24, 2.45) is 0 Å². The molecule has 1 heterocycles. The summed E-state index contributed by atoms with van der Waals surface area (Å²) >= 11 is 0. The molecule has 1 amide bonds. The second-order valence-corrected chi connectivity index (χ2v) is 5.63. The number of benzene rings is 1. The average Bonchev–Trinajstić information content (AvgIpc) is 3.04. The Kier molecular flexibility index (Phi) is 6.05. The van der Waals surface area contributed by atoms with Gasteiger partial charge in [-0.25, -0.2) is 0 Å². The summed E-state index contributed by atoms with van der Waals surface area (Å²) in [5.74, 6) is 1.11. The van der Waals surface area contributed by atoms with E-state index in [-0.39, 0.29) is 11.9 Å². The molecule has 0 saturated carbocycles. The van der Waals surface area contributed by atoms with E-state index in [0.29, 0.717) is 6.54 Å². The summed E-state index contributed by atoms with van der Waals surface area (Å²) in [4.78, 5) is 14.2. The standard InChI is InChI=1S/C17H26N2O2/c1-3-11-21-16-8-6-7-15(12-16)13-18-14(2)17(20)19-9-4-5-10-19/h6-8,12,14,18H,3-5,9-11,13H2,1-2H3. The van der Waals surface area contributed by atoms with Crippen molar-refractivity contribution in [3.05, 3.63) is 29.8 Å². The lowest BCUT2D eigenvalue weighted by atomic mass is 10.2. The molecule has 116 valence electrons. The van der Waals surface area contributed by atoms with Gasteiger partial charge in [-0.05, 0) is 43.9 Å². The van der Waals surface area contributed by atoms with Gasteiger partial charge in [-0.3, -0.25) is 4.79 Å². The number of nitrogens with zero attached hydrogens (tertiary/aromatic N) is 1. The van der Waals surface area contributed by atoms with Crippen LogP contribution in [-0.2, 0) is 11.3 Å². The fourth-order valence-corrected chi connectivity index (χ4v) is 2.53. The van der Waals surface area contributed by atoms with Crippen LogP contribution in [0.5, 0.6) is 5.75 Å². The molecular weight excluding hydrogens is 264 g/mol. The number of nitrogens with one attached hydrogen (secondary N) is 1. The van der Waals surface area contributed by atoms with E-state index >= 15 is 0 Å². The van der Waals surface area contributed by atoms with Gasteiger partial charge in [0.25, 0.3) is 0 Å². The minimum atomic E-state index is -0.136. The summed E-state index contributed by atoms with van der Waals surface area (Å²) in [7, 11) is 0. The van der Waals surface area contributed by atoms with E-state index in [4.69, 9.17) is 4.74 Å². The zero-order valence-corrected chi connectivity index (χ0v) is 13.1. The Labute approximate surface area is 127 Å². The first-order chi connectivity index (χ1) is 10.2. The third kappa shape index (κ3) is 4.74. The largest absolute Gasteiger partial charge is 0.494 e. The molecule has 1 aliphatic heterocycles. The third-order valence-corrected chi connectivity index (χ3v) is 3.77. The van der Waals surface area contributed by atoms with Crippen molar-refractivity contribution in [2.45, 2.75) is 45.7 Å². The molecule has 1 N–H and O–H groups in total. The molecular formula is C17H26N2O2. The van der Waals surface area contributed by atoms with Crippen LogP contribution < -0.4 is 10.1 Å². The predicted molar refractivity (Wildman–Crippen MR) is 84.3 cm³/mol. The van der Waals surface area contributed by atoms with E-state index in [9.17, 15) is 4.79 Å². The third-order valence-electron chi connectivity index (χ3n) is 3.77. The first kappa shape index (κ1) is 15.8. The second kappa shape index (κ2) is 8.03. The molecule has 0 radical (unpaired) electrons. The van der Waals surface area contributed by atoms with Gasteiger partial charge in [0, 0.05) is 19.6 Å². The molecule has 4 heteroatoms. The van der Waals surface area contributed by atoms with Crippen LogP contribution in [0.15, 0.2) is 24.3 Å². The fraction of sp³-hybridized carbons (Fsp3) is 0.588. The molecule has 1 atom stereocenters. The molecule has 4 nitrogen and oxygen atoms in total. The quantitative estimate of drug-likeness (QED) is 0.839. The maximum Gasteiger partial charge on any atom is 0.239 e. The van der Waals surface area contributed by atoms with Crippen molar-refractivity contribution in [2.75, 3.05) is 19.7 Å². The Morgan fingerprint density at radius 2 is 2.14 bits per heavy atom. The normalized spacial score (nSPS) is 16.0. The molecule has 1 aliphatic rings. The summed E-state index contributed by atoms with van der Waals surface area (Å²) < 4.78 is 5.63. The van der Waals surface area contributed by atoms with Crippen molar-refractivity contribution in [3.8, 4) is 5.75 Å². The number of rotatable bonds is 7. The first-order valence-electron chi connectivity index (χ1n) is 7.94. The van der Waals surface area contributed by atoms with Crippen LogP contribution in [0.3, 0.4) is 0 Å². The van der Waals surface area contributed by atoms with Gasteiger partial charge < -0.3 is 15.0 Å². The van der Waals surface area contributed by atoms with Gasteiger partial charge >= 0.3 is 0 Å². The molecule has 1 unspecified atom stereocenters. The Morgan fingerprint density at radius 1 is 1.38 bits per heavy atom. The smallest absolute Gasteiger partial charge is 0.239 e. The Bertz CT molecular complexity index is 456. The van der Waals surface area contributed by atoms with Crippen LogP contribution in [0.2, 0.25) is 0 Å². The second-order valence-electron chi connectivity index (χ2n) is 5.63. The highest BCUT2D eigenvalue weighted by Crippen LogP contribution is 2.14. The number of likely N-dealkylation sites (tertiary alicyclic amines) is 1. The van der Waals surface area contributed by atoms with E-state index in [1.165, 1.54) is 0 Å². The monoisotopic (exact) mass is 290 g/mol. The lowest BCUT2D eigenvalue weighted by Crippen LogP contribution is -2.43.